The average Bonchev–Trinajstić information content (AvgIpc) is 3.45. The molecular weight excluding hydrogens is 466 g/mol. The molecule has 2 aromatic heterocycles. The number of benzene rings is 2. The predicted molar refractivity (Wildman–Crippen MR) is 138 cm³/mol. The molecule has 0 aliphatic rings. The fourth-order valence-electron chi connectivity index (χ4n) is 3.56. The zero-order valence-electron chi connectivity index (χ0n) is 20.1. The van der Waals surface area contributed by atoms with Crippen LogP contribution in [0, 0.1) is 5.92 Å². The maximum Gasteiger partial charge on any atom is 0.233 e. The quantitative estimate of drug-likeness (QED) is 0.284. The molecule has 0 fully saturated rings. The van der Waals surface area contributed by atoms with Crippen LogP contribution >= 0.6 is 23.1 Å². The third-order valence-corrected chi connectivity index (χ3v) is 7.74. The molecule has 4 aromatic rings. The number of hydrogen-bond acceptors (Lipinski definition) is 7. The van der Waals surface area contributed by atoms with Crippen LogP contribution in [-0.4, -0.2) is 50.5 Å². The van der Waals surface area contributed by atoms with Gasteiger partial charge in [-0.25, -0.2) is 4.98 Å². The lowest BCUT2D eigenvalue weighted by atomic mass is 10.2. The first-order valence-electron chi connectivity index (χ1n) is 11.2. The van der Waals surface area contributed by atoms with Gasteiger partial charge in [-0.2, -0.15) is 0 Å². The van der Waals surface area contributed by atoms with Crippen molar-refractivity contribution in [2.75, 3.05) is 19.9 Å². The van der Waals surface area contributed by atoms with Crippen molar-refractivity contribution in [2.24, 2.45) is 5.92 Å². The summed E-state index contributed by atoms with van der Waals surface area (Å²) in [4.78, 5) is 19.5. The number of thiazole rings is 1. The third-order valence-electron chi connectivity index (χ3n) is 5.58. The summed E-state index contributed by atoms with van der Waals surface area (Å²) in [6, 6.07) is 15.7. The summed E-state index contributed by atoms with van der Waals surface area (Å²) in [6.45, 7) is 7.10. The van der Waals surface area contributed by atoms with Gasteiger partial charge in [-0.3, -0.25) is 4.79 Å². The van der Waals surface area contributed by atoms with Crippen LogP contribution in [0.2, 0.25) is 0 Å². The summed E-state index contributed by atoms with van der Waals surface area (Å²) in [5.74, 6) is 2.31. The second kappa shape index (κ2) is 10.6. The van der Waals surface area contributed by atoms with Gasteiger partial charge in [0, 0.05) is 19.2 Å². The number of ether oxygens (including phenoxy) is 1. The minimum atomic E-state index is -0.103. The first-order chi connectivity index (χ1) is 16.4. The smallest absolute Gasteiger partial charge is 0.233 e. The summed E-state index contributed by atoms with van der Waals surface area (Å²) in [5.41, 5.74) is 1.94. The van der Waals surface area contributed by atoms with Crippen molar-refractivity contribution in [3.63, 3.8) is 0 Å². The van der Waals surface area contributed by atoms with E-state index in [4.69, 9.17) is 9.72 Å². The first kappa shape index (κ1) is 24.2. The molecule has 9 heteroatoms. The van der Waals surface area contributed by atoms with Gasteiger partial charge in [-0.1, -0.05) is 37.7 Å². The Morgan fingerprint density at radius 3 is 2.53 bits per heavy atom. The third kappa shape index (κ3) is 5.26. The molecule has 1 atom stereocenters. The number of methoxy groups -OCH3 is 1. The predicted octanol–water partition coefficient (Wildman–Crippen LogP) is 5.53. The Hall–Kier alpha value is -2.91. The lowest BCUT2D eigenvalue weighted by Gasteiger charge is -2.23. The van der Waals surface area contributed by atoms with E-state index in [1.807, 2.05) is 56.4 Å². The van der Waals surface area contributed by atoms with Gasteiger partial charge in [0.1, 0.15) is 10.8 Å². The molecule has 0 aliphatic carbocycles. The van der Waals surface area contributed by atoms with Gasteiger partial charge < -0.3 is 14.2 Å². The zero-order valence-corrected chi connectivity index (χ0v) is 21.7. The molecule has 34 heavy (non-hydrogen) atoms. The number of hydrogen-bond donors (Lipinski definition) is 0. The van der Waals surface area contributed by atoms with Crippen LogP contribution in [-0.2, 0) is 11.3 Å². The molecule has 2 aromatic carbocycles. The normalized spacial score (nSPS) is 12.3. The number of fused-ring (bicyclic) bond motifs is 1. The van der Waals surface area contributed by atoms with E-state index in [0.29, 0.717) is 5.92 Å². The standard InChI is InChI=1S/C25H29N5O2S2/c1-16(2)14-30-23(18-10-12-19(32-5)13-11-18)27-28-25(30)33-15-22(31)29(4)17(3)24-26-20-8-6-7-9-21(20)34-24/h6-13,16-17H,14-15H2,1-5H3/t17-/m1/s1. The minimum absolute atomic E-state index is 0.0295. The summed E-state index contributed by atoms with van der Waals surface area (Å²) >= 11 is 3.05. The summed E-state index contributed by atoms with van der Waals surface area (Å²) in [6.07, 6.45) is 0. The molecule has 7 nitrogen and oxygen atoms in total. The highest BCUT2D eigenvalue weighted by Gasteiger charge is 2.22. The Balaban J connectivity index is 1.48. The maximum absolute atomic E-state index is 13.0. The highest BCUT2D eigenvalue weighted by atomic mass is 32.2. The zero-order chi connectivity index (χ0) is 24.2. The molecule has 178 valence electrons. The molecule has 1 amide bonds. The lowest BCUT2D eigenvalue weighted by Crippen LogP contribution is -2.31. The molecule has 0 aliphatic heterocycles. The molecular formula is C25H29N5O2S2. The van der Waals surface area contributed by atoms with Crippen molar-refractivity contribution in [2.45, 2.75) is 38.5 Å². The Bertz CT molecular complexity index is 1230. The van der Waals surface area contributed by atoms with E-state index in [-0.39, 0.29) is 17.7 Å². The van der Waals surface area contributed by atoms with Crippen LogP contribution in [0.1, 0.15) is 31.8 Å². The largest absolute Gasteiger partial charge is 0.497 e. The molecule has 4 rings (SSSR count). The van der Waals surface area contributed by atoms with Crippen molar-refractivity contribution in [3.8, 4) is 17.1 Å². The number of carbonyl (C=O) groups excluding carboxylic acids is 1. The van der Waals surface area contributed by atoms with Gasteiger partial charge in [0.05, 0.1) is 29.1 Å². The van der Waals surface area contributed by atoms with Crippen LogP contribution in [0.4, 0.5) is 0 Å². The fourth-order valence-corrected chi connectivity index (χ4v) is 5.49. The van der Waals surface area contributed by atoms with E-state index in [2.05, 4.69) is 34.7 Å². The van der Waals surface area contributed by atoms with E-state index >= 15 is 0 Å². The molecule has 0 radical (unpaired) electrons. The summed E-state index contributed by atoms with van der Waals surface area (Å²) in [5, 5.41) is 10.5. The van der Waals surface area contributed by atoms with E-state index in [1.165, 1.54) is 11.8 Å². The average molecular weight is 496 g/mol. The van der Waals surface area contributed by atoms with Gasteiger partial charge in [-0.15, -0.1) is 21.5 Å². The Morgan fingerprint density at radius 1 is 1.12 bits per heavy atom. The van der Waals surface area contributed by atoms with Crippen molar-refractivity contribution < 1.29 is 9.53 Å². The van der Waals surface area contributed by atoms with Crippen molar-refractivity contribution in [3.05, 3.63) is 53.5 Å². The van der Waals surface area contributed by atoms with Gasteiger partial charge in [0.15, 0.2) is 11.0 Å². The molecule has 0 unspecified atom stereocenters. The first-order valence-corrected chi connectivity index (χ1v) is 13.0. The lowest BCUT2D eigenvalue weighted by molar-refractivity contribution is -0.128. The summed E-state index contributed by atoms with van der Waals surface area (Å²) in [7, 11) is 3.48. The highest BCUT2D eigenvalue weighted by Crippen LogP contribution is 2.30. The number of amides is 1. The SMILES string of the molecule is COc1ccc(-c2nnc(SCC(=O)N(C)[C@H](C)c3nc4ccccc4s3)n2CC(C)C)cc1. The highest BCUT2D eigenvalue weighted by molar-refractivity contribution is 7.99. The van der Waals surface area contributed by atoms with Crippen LogP contribution in [0.25, 0.3) is 21.6 Å². The molecule has 0 spiro atoms. The van der Waals surface area contributed by atoms with Gasteiger partial charge in [-0.05, 0) is 49.2 Å². The van der Waals surface area contributed by atoms with Crippen molar-refractivity contribution in [1.82, 2.24) is 24.6 Å². The molecule has 0 saturated heterocycles. The molecule has 0 N–H and O–H groups in total. The monoisotopic (exact) mass is 495 g/mol. The van der Waals surface area contributed by atoms with E-state index in [1.54, 1.807) is 23.3 Å². The second-order valence-electron chi connectivity index (χ2n) is 8.53. The number of para-hydroxylation sites is 1. The minimum Gasteiger partial charge on any atom is -0.497 e. The second-order valence-corrected chi connectivity index (χ2v) is 10.5. The summed E-state index contributed by atoms with van der Waals surface area (Å²) < 4.78 is 8.50. The van der Waals surface area contributed by atoms with Crippen molar-refractivity contribution >= 4 is 39.2 Å². The fraction of sp³-hybridized carbons (Fsp3) is 0.360. The molecule has 2 heterocycles. The molecule has 0 saturated carbocycles. The molecule has 0 bridgehead atoms. The van der Waals surface area contributed by atoms with Crippen LogP contribution in [0.3, 0.4) is 0 Å². The van der Waals surface area contributed by atoms with E-state index < -0.39 is 0 Å². The van der Waals surface area contributed by atoms with Gasteiger partial charge >= 0.3 is 0 Å². The Labute approximate surface area is 208 Å². The van der Waals surface area contributed by atoms with Crippen LogP contribution in [0.5, 0.6) is 5.75 Å². The Morgan fingerprint density at radius 2 is 1.85 bits per heavy atom. The number of rotatable bonds is 9. The van der Waals surface area contributed by atoms with E-state index in [0.717, 1.165) is 44.1 Å². The van der Waals surface area contributed by atoms with Gasteiger partial charge in [0.25, 0.3) is 0 Å². The maximum atomic E-state index is 13.0. The van der Waals surface area contributed by atoms with Gasteiger partial charge in [0.2, 0.25) is 5.91 Å². The number of aromatic nitrogens is 4. The Kier molecular flexibility index (Phi) is 7.53. The van der Waals surface area contributed by atoms with Crippen LogP contribution < -0.4 is 4.74 Å². The van der Waals surface area contributed by atoms with Crippen molar-refractivity contribution in [1.29, 1.82) is 0 Å². The number of nitrogens with zero attached hydrogens (tertiary/aromatic N) is 5. The number of carbonyl (C=O) groups is 1. The number of thioether (sulfide) groups is 1. The van der Waals surface area contributed by atoms with E-state index in [9.17, 15) is 4.79 Å². The van der Waals surface area contributed by atoms with Crippen LogP contribution in [0.15, 0.2) is 53.7 Å². The topological polar surface area (TPSA) is 73.1 Å².